The zero-order valence-corrected chi connectivity index (χ0v) is 27.5. The summed E-state index contributed by atoms with van der Waals surface area (Å²) in [6, 6.07) is 9.68. The van der Waals surface area contributed by atoms with Crippen LogP contribution in [0.5, 0.6) is 5.75 Å². The number of hydrogen-bond donors (Lipinski definition) is 4. The van der Waals surface area contributed by atoms with Crippen molar-refractivity contribution in [3.05, 3.63) is 64.7 Å². The van der Waals surface area contributed by atoms with Gasteiger partial charge >= 0.3 is 0 Å². The summed E-state index contributed by atoms with van der Waals surface area (Å²) >= 11 is 0. The summed E-state index contributed by atoms with van der Waals surface area (Å²) in [7, 11) is 0.947. The van der Waals surface area contributed by atoms with Crippen molar-refractivity contribution in [2.24, 2.45) is 0 Å². The van der Waals surface area contributed by atoms with E-state index in [9.17, 15) is 33.0 Å². The number of nitrogens with one attached hydrogen (secondary N) is 2. The van der Waals surface area contributed by atoms with Crippen LogP contribution in [0.2, 0.25) is 0 Å². The molecule has 0 bridgehead atoms. The Kier molecular flexibility index (Phi) is 13.8. The van der Waals surface area contributed by atoms with Crippen LogP contribution in [0.1, 0.15) is 77.2 Å². The molecule has 244 valence electrons. The van der Waals surface area contributed by atoms with Gasteiger partial charge in [0.25, 0.3) is 17.7 Å². The van der Waals surface area contributed by atoms with E-state index in [0.29, 0.717) is 18.7 Å². The van der Waals surface area contributed by atoms with Crippen molar-refractivity contribution in [3.63, 3.8) is 0 Å². The third-order valence-electron chi connectivity index (χ3n) is 6.91. The molecule has 0 spiro atoms. The minimum Gasteiger partial charge on any atom is -0.508 e. The Morgan fingerprint density at radius 2 is 1.39 bits per heavy atom. The van der Waals surface area contributed by atoms with Gasteiger partial charge in [-0.3, -0.25) is 14.4 Å². The molecule has 2 atom stereocenters. The van der Waals surface area contributed by atoms with E-state index >= 15 is 0 Å². The van der Waals surface area contributed by atoms with Crippen LogP contribution in [0.4, 0.5) is 0 Å². The first-order valence-electron chi connectivity index (χ1n) is 14.7. The fourth-order valence-corrected chi connectivity index (χ4v) is 5.21. The Bertz CT molecular complexity index is 1370. The molecule has 0 aliphatic carbocycles. The topological polar surface area (TPSA) is 160 Å². The molecule has 0 fully saturated rings. The molecule has 0 saturated heterocycles. The molecule has 12 nitrogen and oxygen atoms in total. The summed E-state index contributed by atoms with van der Waals surface area (Å²) in [5, 5.41) is 24.3. The standard InChI is InChI=1S/C31H47N5O7S/c1-8-14-36(15-9-2)31(41)25-18-23(17-24(19-25)30(40)34(5)6)29(39)32-27(16-22-10-12-26(37)13-11-22)28(38)20-35(7)33-44(42,43)21(3)4/h10-13,17-19,21,27-28,33,37-38H,8-9,14-16,20H2,1-7H3,(H,32,39). The summed E-state index contributed by atoms with van der Waals surface area (Å²) in [5.41, 5.74) is 1.12. The normalized spacial score (nSPS) is 13.0. The Morgan fingerprint density at radius 3 is 1.89 bits per heavy atom. The predicted octanol–water partition coefficient (Wildman–Crippen LogP) is 2.23. The molecule has 2 unspecified atom stereocenters. The van der Waals surface area contributed by atoms with Crippen LogP contribution in [0.25, 0.3) is 0 Å². The van der Waals surface area contributed by atoms with E-state index in [1.54, 1.807) is 31.1 Å². The number of hydrogen-bond acceptors (Lipinski definition) is 8. The molecule has 0 saturated carbocycles. The lowest BCUT2D eigenvalue weighted by atomic mass is 9.99. The second-order valence-corrected chi connectivity index (χ2v) is 13.6. The van der Waals surface area contributed by atoms with Crippen LogP contribution in [0, 0.1) is 0 Å². The molecule has 0 radical (unpaired) electrons. The molecule has 44 heavy (non-hydrogen) atoms. The van der Waals surface area contributed by atoms with Crippen molar-refractivity contribution in [1.82, 2.24) is 25.0 Å². The zero-order chi connectivity index (χ0) is 33.2. The second kappa shape index (κ2) is 16.5. The van der Waals surface area contributed by atoms with E-state index < -0.39 is 33.3 Å². The number of phenolic OH excluding ortho intramolecular Hbond substituents is 1. The maximum atomic E-state index is 13.7. The lowest BCUT2D eigenvalue weighted by Gasteiger charge is -2.29. The Hall–Kier alpha value is -3.52. The van der Waals surface area contributed by atoms with Crippen molar-refractivity contribution in [2.75, 3.05) is 40.8 Å². The number of likely N-dealkylation sites (N-methyl/N-ethyl adjacent to an activating group) is 1. The molecule has 0 aliphatic heterocycles. The quantitative estimate of drug-likeness (QED) is 0.205. The molecule has 4 N–H and O–H groups in total. The van der Waals surface area contributed by atoms with Gasteiger partial charge in [0.1, 0.15) is 5.75 Å². The lowest BCUT2D eigenvalue weighted by molar-refractivity contribution is 0.0687. The highest BCUT2D eigenvalue weighted by Gasteiger charge is 2.27. The predicted molar refractivity (Wildman–Crippen MR) is 170 cm³/mol. The van der Waals surface area contributed by atoms with Crippen molar-refractivity contribution >= 4 is 27.7 Å². The average molecular weight is 634 g/mol. The van der Waals surface area contributed by atoms with Gasteiger partial charge in [-0.1, -0.05) is 26.0 Å². The smallest absolute Gasteiger partial charge is 0.253 e. The first-order valence-corrected chi connectivity index (χ1v) is 16.3. The van der Waals surface area contributed by atoms with E-state index in [1.165, 1.54) is 61.1 Å². The molecule has 2 aromatic carbocycles. The van der Waals surface area contributed by atoms with E-state index in [4.69, 9.17) is 0 Å². The third kappa shape index (κ3) is 10.6. The molecular formula is C31H47N5O7S. The van der Waals surface area contributed by atoms with Gasteiger partial charge in [-0.15, -0.1) is 4.83 Å². The minimum absolute atomic E-state index is 0.0532. The van der Waals surface area contributed by atoms with Crippen LogP contribution in [-0.4, -0.2) is 109 Å². The molecule has 0 aliphatic rings. The number of aliphatic hydroxyl groups excluding tert-OH is 1. The van der Waals surface area contributed by atoms with Crippen LogP contribution < -0.4 is 10.1 Å². The van der Waals surface area contributed by atoms with E-state index in [2.05, 4.69) is 10.1 Å². The Labute approximate surface area is 261 Å². The largest absolute Gasteiger partial charge is 0.508 e. The molecule has 0 heterocycles. The van der Waals surface area contributed by atoms with Crippen LogP contribution in [0.3, 0.4) is 0 Å². The number of amides is 3. The van der Waals surface area contributed by atoms with Crippen LogP contribution >= 0.6 is 0 Å². The fourth-order valence-electron chi connectivity index (χ4n) is 4.49. The monoisotopic (exact) mass is 633 g/mol. The van der Waals surface area contributed by atoms with Gasteiger partial charge in [0.15, 0.2) is 0 Å². The highest BCUT2D eigenvalue weighted by molar-refractivity contribution is 7.90. The number of hydrazine groups is 1. The summed E-state index contributed by atoms with van der Waals surface area (Å²) in [5.74, 6) is -1.25. The molecular weight excluding hydrogens is 586 g/mol. The van der Waals surface area contributed by atoms with Crippen molar-refractivity contribution in [3.8, 4) is 5.75 Å². The number of benzene rings is 2. The van der Waals surface area contributed by atoms with Crippen LogP contribution in [0.15, 0.2) is 42.5 Å². The lowest BCUT2D eigenvalue weighted by Crippen LogP contribution is -2.52. The first kappa shape index (κ1) is 36.7. The average Bonchev–Trinajstić information content (AvgIpc) is 2.96. The highest BCUT2D eigenvalue weighted by atomic mass is 32.2. The maximum absolute atomic E-state index is 13.7. The third-order valence-corrected chi connectivity index (χ3v) is 8.71. The number of carbonyl (C=O) groups is 3. The highest BCUT2D eigenvalue weighted by Crippen LogP contribution is 2.18. The van der Waals surface area contributed by atoms with E-state index in [0.717, 1.165) is 12.8 Å². The van der Waals surface area contributed by atoms with Crippen molar-refractivity contribution < 1.29 is 33.0 Å². The van der Waals surface area contributed by atoms with Gasteiger partial charge in [0.2, 0.25) is 10.0 Å². The number of phenols is 1. The molecule has 13 heteroatoms. The van der Waals surface area contributed by atoms with Crippen LogP contribution in [-0.2, 0) is 16.4 Å². The molecule has 3 amide bonds. The number of aliphatic hydroxyl groups is 1. The number of rotatable bonds is 16. The SMILES string of the molecule is CCCN(CCC)C(=O)c1cc(C(=O)NC(Cc2ccc(O)cc2)C(O)CN(C)NS(=O)(=O)C(C)C)cc(C(=O)N(C)C)c1. The summed E-state index contributed by atoms with van der Waals surface area (Å²) in [6.45, 7) is 7.86. The number of aromatic hydroxyl groups is 1. The number of nitrogens with zero attached hydrogens (tertiary/aromatic N) is 3. The van der Waals surface area contributed by atoms with Gasteiger partial charge in [-0.25, -0.2) is 13.4 Å². The summed E-state index contributed by atoms with van der Waals surface area (Å²) in [6.07, 6.45) is 0.382. The number of sulfonamides is 1. The zero-order valence-electron chi connectivity index (χ0n) is 26.7. The van der Waals surface area contributed by atoms with E-state index in [1.807, 2.05) is 13.8 Å². The molecule has 2 aromatic rings. The number of carbonyl (C=O) groups excluding carboxylic acids is 3. The van der Waals surface area contributed by atoms with Crippen molar-refractivity contribution in [1.29, 1.82) is 0 Å². The summed E-state index contributed by atoms with van der Waals surface area (Å²) < 4.78 is 24.7. The molecule has 2 rings (SSSR count). The maximum Gasteiger partial charge on any atom is 0.253 e. The Balaban J connectivity index is 2.47. The van der Waals surface area contributed by atoms with E-state index in [-0.39, 0.29) is 47.2 Å². The first-order chi connectivity index (χ1) is 20.6. The Morgan fingerprint density at radius 1 is 0.864 bits per heavy atom. The second-order valence-electron chi connectivity index (χ2n) is 11.4. The van der Waals surface area contributed by atoms with Gasteiger partial charge in [-0.2, -0.15) is 0 Å². The fraction of sp³-hybridized carbons (Fsp3) is 0.516. The summed E-state index contributed by atoms with van der Waals surface area (Å²) in [4.78, 5) is 45.6. The van der Waals surface area contributed by atoms with Gasteiger partial charge < -0.3 is 25.3 Å². The van der Waals surface area contributed by atoms with Crippen molar-refractivity contribution in [2.45, 2.75) is 64.4 Å². The molecule has 0 aromatic heterocycles. The van der Waals surface area contributed by atoms with Gasteiger partial charge in [0.05, 0.1) is 17.4 Å². The minimum atomic E-state index is -3.67. The van der Waals surface area contributed by atoms with Gasteiger partial charge in [-0.05, 0) is 69.0 Å². The van der Waals surface area contributed by atoms with Gasteiger partial charge in [0, 0.05) is 57.5 Å².